The SMILES string of the molecule is N#Cc1ccc(N2CCOC3CCCC32)c(Br)c1. The van der Waals surface area contributed by atoms with Crippen molar-refractivity contribution in [2.24, 2.45) is 0 Å². The summed E-state index contributed by atoms with van der Waals surface area (Å²) in [4.78, 5) is 2.44. The lowest BCUT2D eigenvalue weighted by molar-refractivity contribution is 0.0256. The second-order valence-corrected chi connectivity index (χ2v) is 5.73. The Bertz CT molecular complexity index is 497. The van der Waals surface area contributed by atoms with Gasteiger partial charge in [-0.05, 0) is 53.4 Å². The second-order valence-electron chi connectivity index (χ2n) is 4.88. The fraction of sp³-hybridized carbons (Fsp3) is 0.500. The molecule has 0 N–H and O–H groups in total. The standard InChI is InChI=1S/C14H15BrN2O/c15-11-8-10(9-16)4-5-12(11)17-6-7-18-14-3-1-2-13(14)17/h4-5,8,13-14H,1-3,6-7H2. The molecule has 2 atom stereocenters. The summed E-state index contributed by atoms with van der Waals surface area (Å²) in [5.41, 5.74) is 1.89. The predicted octanol–water partition coefficient (Wildman–Crippen LogP) is 3.08. The molecule has 0 bridgehead atoms. The molecule has 1 aromatic carbocycles. The van der Waals surface area contributed by atoms with Gasteiger partial charge in [-0.1, -0.05) is 0 Å². The Morgan fingerprint density at radius 2 is 2.28 bits per heavy atom. The fourth-order valence-corrected chi connectivity index (χ4v) is 3.64. The molecule has 3 rings (SSSR count). The maximum Gasteiger partial charge on any atom is 0.0992 e. The van der Waals surface area contributed by atoms with E-state index in [9.17, 15) is 0 Å². The molecule has 1 saturated heterocycles. The lowest BCUT2D eigenvalue weighted by Crippen LogP contribution is -2.48. The molecule has 0 amide bonds. The minimum absolute atomic E-state index is 0.390. The molecule has 94 valence electrons. The van der Waals surface area contributed by atoms with Gasteiger partial charge in [0.05, 0.1) is 36.1 Å². The minimum Gasteiger partial charge on any atom is -0.374 e. The van der Waals surface area contributed by atoms with E-state index in [0.29, 0.717) is 17.7 Å². The average molecular weight is 307 g/mol. The summed E-state index contributed by atoms with van der Waals surface area (Å²) in [6.45, 7) is 1.74. The fourth-order valence-electron chi connectivity index (χ4n) is 3.03. The van der Waals surface area contributed by atoms with E-state index < -0.39 is 0 Å². The zero-order valence-corrected chi connectivity index (χ0v) is 11.7. The van der Waals surface area contributed by atoms with E-state index >= 15 is 0 Å². The Labute approximate surface area is 115 Å². The van der Waals surface area contributed by atoms with E-state index in [1.807, 2.05) is 18.2 Å². The van der Waals surface area contributed by atoms with Crippen LogP contribution in [0.3, 0.4) is 0 Å². The third-order valence-electron chi connectivity index (χ3n) is 3.87. The summed E-state index contributed by atoms with van der Waals surface area (Å²) in [5, 5.41) is 8.91. The molecule has 0 spiro atoms. The van der Waals surface area contributed by atoms with Crippen LogP contribution in [-0.2, 0) is 4.74 Å². The van der Waals surface area contributed by atoms with Crippen molar-refractivity contribution in [1.82, 2.24) is 0 Å². The summed E-state index contributed by atoms with van der Waals surface area (Å²) in [5.74, 6) is 0. The first-order valence-corrected chi connectivity index (χ1v) is 7.17. The van der Waals surface area contributed by atoms with E-state index in [2.05, 4.69) is 26.9 Å². The van der Waals surface area contributed by atoms with Crippen LogP contribution in [0, 0.1) is 11.3 Å². The number of anilines is 1. The van der Waals surface area contributed by atoms with Crippen LogP contribution in [0.25, 0.3) is 0 Å². The van der Waals surface area contributed by atoms with Crippen LogP contribution in [0.1, 0.15) is 24.8 Å². The predicted molar refractivity (Wildman–Crippen MR) is 73.6 cm³/mol. The minimum atomic E-state index is 0.390. The maximum atomic E-state index is 8.91. The normalized spacial score (nSPS) is 26.8. The molecule has 1 aliphatic heterocycles. The van der Waals surface area contributed by atoms with Gasteiger partial charge in [-0.2, -0.15) is 5.26 Å². The number of hydrogen-bond acceptors (Lipinski definition) is 3. The van der Waals surface area contributed by atoms with Crippen molar-refractivity contribution in [1.29, 1.82) is 5.26 Å². The first-order valence-electron chi connectivity index (χ1n) is 6.37. The lowest BCUT2D eigenvalue weighted by atomic mass is 10.1. The van der Waals surface area contributed by atoms with Crippen LogP contribution in [0.4, 0.5) is 5.69 Å². The molecule has 4 heteroatoms. The van der Waals surface area contributed by atoms with Crippen molar-refractivity contribution in [2.75, 3.05) is 18.1 Å². The molecule has 1 saturated carbocycles. The van der Waals surface area contributed by atoms with Gasteiger partial charge in [0.25, 0.3) is 0 Å². The smallest absolute Gasteiger partial charge is 0.0992 e. The topological polar surface area (TPSA) is 36.3 Å². The molecule has 18 heavy (non-hydrogen) atoms. The van der Waals surface area contributed by atoms with Crippen LogP contribution in [0.15, 0.2) is 22.7 Å². The first kappa shape index (κ1) is 12.0. The highest BCUT2D eigenvalue weighted by molar-refractivity contribution is 9.10. The van der Waals surface area contributed by atoms with Crippen molar-refractivity contribution in [3.05, 3.63) is 28.2 Å². The molecule has 0 radical (unpaired) electrons. The molecule has 1 aromatic rings. The number of nitrogens with zero attached hydrogens (tertiary/aromatic N) is 2. The zero-order valence-electron chi connectivity index (χ0n) is 10.1. The summed E-state index contributed by atoms with van der Waals surface area (Å²) in [6.07, 6.45) is 4.02. The molecular weight excluding hydrogens is 292 g/mol. The van der Waals surface area contributed by atoms with Crippen molar-refractivity contribution >= 4 is 21.6 Å². The third kappa shape index (κ3) is 2.02. The largest absolute Gasteiger partial charge is 0.374 e. The summed E-state index contributed by atoms with van der Waals surface area (Å²) < 4.78 is 6.84. The number of rotatable bonds is 1. The van der Waals surface area contributed by atoms with Gasteiger partial charge >= 0.3 is 0 Å². The number of halogens is 1. The van der Waals surface area contributed by atoms with Crippen LogP contribution in [-0.4, -0.2) is 25.3 Å². The number of benzene rings is 1. The van der Waals surface area contributed by atoms with Gasteiger partial charge in [-0.15, -0.1) is 0 Å². The van der Waals surface area contributed by atoms with Crippen LogP contribution in [0.2, 0.25) is 0 Å². The van der Waals surface area contributed by atoms with Gasteiger partial charge in [-0.3, -0.25) is 0 Å². The highest BCUT2D eigenvalue weighted by Crippen LogP contribution is 2.36. The number of fused-ring (bicyclic) bond motifs is 1. The highest BCUT2D eigenvalue weighted by Gasteiger charge is 2.36. The number of hydrogen-bond donors (Lipinski definition) is 0. The highest BCUT2D eigenvalue weighted by atomic mass is 79.9. The van der Waals surface area contributed by atoms with E-state index in [1.165, 1.54) is 24.9 Å². The molecule has 3 nitrogen and oxygen atoms in total. The van der Waals surface area contributed by atoms with Gasteiger partial charge in [0.15, 0.2) is 0 Å². The number of ether oxygens (including phenoxy) is 1. The quantitative estimate of drug-likeness (QED) is 0.800. The molecule has 2 fully saturated rings. The van der Waals surface area contributed by atoms with Crippen molar-refractivity contribution in [2.45, 2.75) is 31.4 Å². The first-order chi connectivity index (χ1) is 8.79. The Morgan fingerprint density at radius 1 is 1.39 bits per heavy atom. The number of nitriles is 1. The van der Waals surface area contributed by atoms with Gasteiger partial charge in [0.2, 0.25) is 0 Å². The molecular formula is C14H15BrN2O. The van der Waals surface area contributed by atoms with Gasteiger partial charge in [0, 0.05) is 11.0 Å². The summed E-state index contributed by atoms with van der Waals surface area (Å²) >= 11 is 3.59. The molecule has 1 heterocycles. The molecule has 1 aliphatic carbocycles. The van der Waals surface area contributed by atoms with Crippen LogP contribution < -0.4 is 4.90 Å². The maximum absolute atomic E-state index is 8.91. The monoisotopic (exact) mass is 306 g/mol. The average Bonchev–Trinajstić information content (AvgIpc) is 2.87. The molecule has 0 aromatic heterocycles. The van der Waals surface area contributed by atoms with Crippen LogP contribution in [0.5, 0.6) is 0 Å². The Morgan fingerprint density at radius 3 is 3.06 bits per heavy atom. The summed E-state index contributed by atoms with van der Waals surface area (Å²) in [7, 11) is 0. The van der Waals surface area contributed by atoms with E-state index in [1.54, 1.807) is 0 Å². The van der Waals surface area contributed by atoms with Gasteiger partial charge < -0.3 is 9.64 Å². The van der Waals surface area contributed by atoms with Gasteiger partial charge in [-0.25, -0.2) is 0 Å². The van der Waals surface area contributed by atoms with E-state index in [-0.39, 0.29) is 0 Å². The van der Waals surface area contributed by atoms with E-state index in [4.69, 9.17) is 10.00 Å². The molecule has 2 aliphatic rings. The Kier molecular flexibility index (Phi) is 3.27. The van der Waals surface area contributed by atoms with Crippen molar-refractivity contribution in [3.8, 4) is 6.07 Å². The Hall–Kier alpha value is -1.05. The van der Waals surface area contributed by atoms with Crippen molar-refractivity contribution in [3.63, 3.8) is 0 Å². The van der Waals surface area contributed by atoms with Gasteiger partial charge in [0.1, 0.15) is 0 Å². The van der Waals surface area contributed by atoms with Crippen molar-refractivity contribution < 1.29 is 4.74 Å². The van der Waals surface area contributed by atoms with Crippen LogP contribution >= 0.6 is 15.9 Å². The van der Waals surface area contributed by atoms with E-state index in [0.717, 1.165) is 17.6 Å². The molecule has 2 unspecified atom stereocenters. The third-order valence-corrected chi connectivity index (χ3v) is 4.50. The zero-order chi connectivity index (χ0) is 12.5. The summed E-state index contributed by atoms with van der Waals surface area (Å²) in [6, 6.07) is 8.50. The lowest BCUT2D eigenvalue weighted by Gasteiger charge is -2.39. The number of morpholine rings is 1. The Balaban J connectivity index is 1.92. The second kappa shape index (κ2) is 4.91.